The van der Waals surface area contributed by atoms with Gasteiger partial charge in [-0.2, -0.15) is 0 Å². The van der Waals surface area contributed by atoms with Gasteiger partial charge in [-0.05, 0) is 19.9 Å². The average molecular weight is 282 g/mol. The van der Waals surface area contributed by atoms with Crippen LogP contribution in [0.5, 0.6) is 0 Å². The molecular formula is C11H13F3O3S. The van der Waals surface area contributed by atoms with Gasteiger partial charge in [0.2, 0.25) is 0 Å². The first-order valence-electron chi connectivity index (χ1n) is 5.00. The highest BCUT2D eigenvalue weighted by molar-refractivity contribution is 7.92. The van der Waals surface area contributed by atoms with Gasteiger partial charge >= 0.3 is 0 Å². The maximum atomic E-state index is 13.4. The molecule has 0 radical (unpaired) electrons. The standard InChI is InChI=1S/C11H13F3O3S/c1-11(2,18(3,16)17)10(15)6-4-8(13)9(14)5-7(6)12/h4-5,10,15H,1-3H3. The first-order valence-corrected chi connectivity index (χ1v) is 6.89. The molecule has 0 saturated heterocycles. The molecule has 0 bridgehead atoms. The maximum absolute atomic E-state index is 13.4. The van der Waals surface area contributed by atoms with Gasteiger partial charge in [-0.25, -0.2) is 21.6 Å². The van der Waals surface area contributed by atoms with Crippen molar-refractivity contribution in [2.24, 2.45) is 0 Å². The summed E-state index contributed by atoms with van der Waals surface area (Å²) in [6.07, 6.45) is -0.934. The third-order valence-corrected chi connectivity index (χ3v) is 5.08. The lowest BCUT2D eigenvalue weighted by atomic mass is 9.97. The first-order chi connectivity index (χ1) is 7.98. The molecule has 0 aliphatic carbocycles. The average Bonchev–Trinajstić information content (AvgIpc) is 2.20. The van der Waals surface area contributed by atoms with E-state index in [4.69, 9.17) is 0 Å². The Bertz CT molecular complexity index is 567. The van der Waals surface area contributed by atoms with Crippen LogP contribution in [0.4, 0.5) is 13.2 Å². The molecule has 0 spiro atoms. The molecule has 7 heteroatoms. The quantitative estimate of drug-likeness (QED) is 0.862. The van der Waals surface area contributed by atoms with E-state index in [0.717, 1.165) is 6.26 Å². The second-order valence-electron chi connectivity index (χ2n) is 4.57. The van der Waals surface area contributed by atoms with Crippen molar-refractivity contribution in [1.29, 1.82) is 0 Å². The summed E-state index contributed by atoms with van der Waals surface area (Å²) in [5, 5.41) is 9.87. The molecule has 102 valence electrons. The molecular weight excluding hydrogens is 269 g/mol. The summed E-state index contributed by atoms with van der Waals surface area (Å²) in [5.74, 6) is -3.95. The Morgan fingerprint density at radius 3 is 2.00 bits per heavy atom. The smallest absolute Gasteiger partial charge is 0.161 e. The summed E-state index contributed by atoms with van der Waals surface area (Å²) in [5.41, 5.74) is -0.593. The molecule has 0 aliphatic rings. The Hall–Kier alpha value is -1.08. The minimum absolute atomic E-state index is 0.270. The minimum atomic E-state index is -3.72. The monoisotopic (exact) mass is 282 g/mol. The molecule has 3 nitrogen and oxygen atoms in total. The lowest BCUT2D eigenvalue weighted by molar-refractivity contribution is 0.134. The van der Waals surface area contributed by atoms with E-state index in [1.54, 1.807) is 0 Å². The van der Waals surface area contributed by atoms with Crippen LogP contribution < -0.4 is 0 Å². The van der Waals surface area contributed by atoms with E-state index in [9.17, 15) is 26.7 Å². The van der Waals surface area contributed by atoms with Crippen LogP contribution in [-0.2, 0) is 9.84 Å². The second-order valence-corrected chi connectivity index (χ2v) is 7.16. The van der Waals surface area contributed by atoms with E-state index < -0.39 is 43.7 Å². The van der Waals surface area contributed by atoms with Crippen molar-refractivity contribution < 1.29 is 26.7 Å². The minimum Gasteiger partial charge on any atom is -0.387 e. The van der Waals surface area contributed by atoms with Crippen LogP contribution in [0.15, 0.2) is 12.1 Å². The Morgan fingerprint density at radius 2 is 1.56 bits per heavy atom. The van der Waals surface area contributed by atoms with Crippen molar-refractivity contribution in [3.63, 3.8) is 0 Å². The Balaban J connectivity index is 3.36. The zero-order valence-corrected chi connectivity index (χ0v) is 10.9. The van der Waals surface area contributed by atoms with E-state index in [0.29, 0.717) is 6.07 Å². The summed E-state index contributed by atoms with van der Waals surface area (Å²) in [7, 11) is -3.72. The highest BCUT2D eigenvalue weighted by atomic mass is 32.2. The highest BCUT2D eigenvalue weighted by Gasteiger charge is 2.40. The van der Waals surface area contributed by atoms with Crippen LogP contribution in [0.3, 0.4) is 0 Å². The molecule has 0 heterocycles. The number of hydrogen-bond acceptors (Lipinski definition) is 3. The molecule has 0 aromatic heterocycles. The van der Waals surface area contributed by atoms with Gasteiger partial charge in [-0.15, -0.1) is 0 Å². The van der Waals surface area contributed by atoms with Gasteiger partial charge in [0.25, 0.3) is 0 Å². The topological polar surface area (TPSA) is 54.4 Å². The largest absolute Gasteiger partial charge is 0.387 e. The normalized spacial score (nSPS) is 14.6. The third-order valence-electron chi connectivity index (χ3n) is 2.95. The summed E-state index contributed by atoms with van der Waals surface area (Å²) >= 11 is 0. The van der Waals surface area contributed by atoms with Crippen LogP contribution in [0.25, 0.3) is 0 Å². The van der Waals surface area contributed by atoms with Gasteiger partial charge in [-0.1, -0.05) is 0 Å². The predicted octanol–water partition coefficient (Wildman–Crippen LogP) is 1.96. The van der Waals surface area contributed by atoms with Crippen molar-refractivity contribution in [2.45, 2.75) is 24.7 Å². The van der Waals surface area contributed by atoms with Crippen LogP contribution in [0.2, 0.25) is 0 Å². The summed E-state index contributed by atoms with van der Waals surface area (Å²) in [6, 6.07) is 0.731. The molecule has 1 atom stereocenters. The second kappa shape index (κ2) is 4.55. The molecule has 1 unspecified atom stereocenters. The molecule has 1 N–H and O–H groups in total. The van der Waals surface area contributed by atoms with Crippen molar-refractivity contribution in [3.05, 3.63) is 35.1 Å². The van der Waals surface area contributed by atoms with Gasteiger partial charge in [0.15, 0.2) is 21.5 Å². The zero-order chi connectivity index (χ0) is 14.3. The van der Waals surface area contributed by atoms with Crippen molar-refractivity contribution in [2.75, 3.05) is 6.26 Å². The van der Waals surface area contributed by atoms with Crippen LogP contribution >= 0.6 is 0 Å². The molecule has 1 aromatic rings. The fourth-order valence-electron chi connectivity index (χ4n) is 1.32. The molecule has 0 fully saturated rings. The van der Waals surface area contributed by atoms with Gasteiger partial charge < -0.3 is 5.11 Å². The first kappa shape index (κ1) is 15.0. The lowest BCUT2D eigenvalue weighted by Gasteiger charge is -2.29. The Morgan fingerprint density at radius 1 is 1.11 bits per heavy atom. The SMILES string of the molecule is CC(C)(C(O)c1cc(F)c(F)cc1F)S(C)(=O)=O. The van der Waals surface area contributed by atoms with Crippen molar-refractivity contribution >= 4 is 9.84 Å². The number of rotatable bonds is 3. The van der Waals surface area contributed by atoms with Gasteiger partial charge in [0, 0.05) is 17.9 Å². The van der Waals surface area contributed by atoms with Crippen LogP contribution in [0.1, 0.15) is 25.5 Å². The van der Waals surface area contributed by atoms with E-state index in [-0.39, 0.29) is 6.07 Å². The van der Waals surface area contributed by atoms with Gasteiger partial charge in [0.1, 0.15) is 11.9 Å². The van der Waals surface area contributed by atoms with Crippen LogP contribution in [0, 0.1) is 17.5 Å². The van der Waals surface area contributed by atoms with E-state index in [1.807, 2.05) is 0 Å². The summed E-state index contributed by atoms with van der Waals surface area (Å²) in [6.45, 7) is 2.35. The van der Waals surface area contributed by atoms with Crippen LogP contribution in [-0.4, -0.2) is 24.5 Å². The van der Waals surface area contributed by atoms with E-state index in [2.05, 4.69) is 0 Å². The van der Waals surface area contributed by atoms with E-state index >= 15 is 0 Å². The van der Waals surface area contributed by atoms with E-state index in [1.165, 1.54) is 13.8 Å². The fraction of sp³-hybridized carbons (Fsp3) is 0.455. The zero-order valence-electron chi connectivity index (χ0n) is 10.0. The Kier molecular flexibility index (Phi) is 3.78. The van der Waals surface area contributed by atoms with Gasteiger partial charge in [0.05, 0.1) is 4.75 Å². The number of aliphatic hydroxyl groups excluding tert-OH is 1. The Labute approximate surface area is 103 Å². The van der Waals surface area contributed by atoms with Crippen molar-refractivity contribution in [1.82, 2.24) is 0 Å². The molecule has 1 aromatic carbocycles. The number of aliphatic hydroxyl groups is 1. The molecule has 1 rings (SSSR count). The number of halogens is 3. The molecule has 0 saturated carbocycles. The number of benzene rings is 1. The number of sulfone groups is 1. The molecule has 0 aliphatic heterocycles. The van der Waals surface area contributed by atoms with Crippen molar-refractivity contribution in [3.8, 4) is 0 Å². The summed E-state index contributed by atoms with van der Waals surface area (Å²) < 4.78 is 60.4. The third kappa shape index (κ3) is 2.51. The molecule has 0 amide bonds. The highest BCUT2D eigenvalue weighted by Crippen LogP contribution is 2.34. The van der Waals surface area contributed by atoms with Gasteiger partial charge in [-0.3, -0.25) is 0 Å². The predicted molar refractivity (Wildman–Crippen MR) is 60.2 cm³/mol. The number of hydrogen-bond donors (Lipinski definition) is 1. The molecule has 18 heavy (non-hydrogen) atoms. The lowest BCUT2D eigenvalue weighted by Crippen LogP contribution is -2.38. The summed E-state index contributed by atoms with van der Waals surface area (Å²) in [4.78, 5) is 0. The fourth-order valence-corrected chi connectivity index (χ4v) is 1.86. The maximum Gasteiger partial charge on any atom is 0.161 e.